The molecule has 0 fully saturated rings. The van der Waals surface area contributed by atoms with Crippen LogP contribution in [-0.2, 0) is 16.1 Å². The summed E-state index contributed by atoms with van der Waals surface area (Å²) in [5.41, 5.74) is 1.71. The summed E-state index contributed by atoms with van der Waals surface area (Å²) in [6.45, 7) is 1.91. The van der Waals surface area contributed by atoms with Crippen LogP contribution in [0.2, 0.25) is 0 Å². The molecule has 0 unspecified atom stereocenters. The third-order valence-corrected chi connectivity index (χ3v) is 3.37. The predicted molar refractivity (Wildman–Crippen MR) is 92.1 cm³/mol. The Bertz CT molecular complexity index is 775. The normalized spacial score (nSPS) is 10.0. The molecule has 2 rings (SSSR count). The van der Waals surface area contributed by atoms with E-state index in [1.165, 1.54) is 19.4 Å². The van der Waals surface area contributed by atoms with Gasteiger partial charge in [0.05, 0.1) is 12.7 Å². The largest absolute Gasteiger partial charge is 0.465 e. The average molecular weight is 341 g/mol. The van der Waals surface area contributed by atoms with Gasteiger partial charge in [0, 0.05) is 24.8 Å². The zero-order valence-corrected chi connectivity index (χ0v) is 14.0. The number of carbonyl (C=O) groups excluding carboxylic acids is 3. The summed E-state index contributed by atoms with van der Waals surface area (Å²) in [5.74, 6) is -1.03. The fourth-order valence-electron chi connectivity index (χ4n) is 2.12. The number of hydrogen-bond acceptors (Lipinski definition) is 5. The number of hydrogen-bond donors (Lipinski definition) is 2. The van der Waals surface area contributed by atoms with Crippen LogP contribution in [-0.4, -0.2) is 29.9 Å². The highest BCUT2D eigenvalue weighted by Crippen LogP contribution is 2.16. The van der Waals surface area contributed by atoms with Crippen LogP contribution in [0.5, 0.6) is 0 Å². The Morgan fingerprint density at radius 1 is 1.16 bits per heavy atom. The third kappa shape index (κ3) is 5.13. The van der Waals surface area contributed by atoms with E-state index in [-0.39, 0.29) is 18.4 Å². The molecule has 7 heteroatoms. The molecular formula is C18H19N3O4. The highest BCUT2D eigenvalue weighted by Gasteiger charge is 2.12. The quantitative estimate of drug-likeness (QED) is 0.785. The molecule has 0 radical (unpaired) electrons. The van der Waals surface area contributed by atoms with E-state index < -0.39 is 5.97 Å². The second kappa shape index (κ2) is 8.58. The molecule has 2 amide bonds. The van der Waals surface area contributed by atoms with Crippen molar-refractivity contribution in [2.24, 2.45) is 0 Å². The number of amides is 2. The lowest BCUT2D eigenvalue weighted by Gasteiger charge is -2.11. The van der Waals surface area contributed by atoms with Gasteiger partial charge in [-0.2, -0.15) is 0 Å². The number of esters is 1. The molecule has 0 aliphatic carbocycles. The Kier molecular flexibility index (Phi) is 6.22. The number of pyridine rings is 1. The second-order valence-electron chi connectivity index (χ2n) is 5.21. The standard InChI is InChI=1S/C18H19N3O4/c1-3-16(22)21-14-9-12(8-13(10-14)18(24)25-2)11-20-17(23)15-6-4-5-7-19-15/h4-10H,3,11H2,1-2H3,(H,20,23)(H,21,22). The number of methoxy groups -OCH3 is 1. The van der Waals surface area contributed by atoms with Gasteiger partial charge in [0.1, 0.15) is 5.69 Å². The topological polar surface area (TPSA) is 97.4 Å². The molecule has 0 aliphatic rings. The number of ether oxygens (including phenoxy) is 1. The molecule has 25 heavy (non-hydrogen) atoms. The van der Waals surface area contributed by atoms with Crippen molar-refractivity contribution in [1.82, 2.24) is 10.3 Å². The van der Waals surface area contributed by atoms with Crippen LogP contribution in [0.4, 0.5) is 5.69 Å². The van der Waals surface area contributed by atoms with E-state index in [2.05, 4.69) is 15.6 Å². The van der Waals surface area contributed by atoms with Crippen molar-refractivity contribution in [1.29, 1.82) is 0 Å². The lowest BCUT2D eigenvalue weighted by Crippen LogP contribution is -2.24. The lowest BCUT2D eigenvalue weighted by molar-refractivity contribution is -0.115. The van der Waals surface area contributed by atoms with Crippen LogP contribution in [0, 0.1) is 0 Å². The average Bonchev–Trinajstić information content (AvgIpc) is 2.65. The number of nitrogens with one attached hydrogen (secondary N) is 2. The van der Waals surface area contributed by atoms with Crippen LogP contribution in [0.1, 0.15) is 39.8 Å². The first kappa shape index (κ1) is 18.1. The van der Waals surface area contributed by atoms with Crippen LogP contribution in [0.15, 0.2) is 42.6 Å². The maximum Gasteiger partial charge on any atom is 0.337 e. The first-order valence-corrected chi connectivity index (χ1v) is 7.75. The van der Waals surface area contributed by atoms with Crippen molar-refractivity contribution in [3.63, 3.8) is 0 Å². The number of carbonyl (C=O) groups is 3. The van der Waals surface area contributed by atoms with E-state index in [4.69, 9.17) is 4.74 Å². The molecule has 1 heterocycles. The van der Waals surface area contributed by atoms with E-state index in [0.717, 1.165) is 0 Å². The molecule has 0 spiro atoms. The van der Waals surface area contributed by atoms with Crippen LogP contribution < -0.4 is 10.6 Å². The van der Waals surface area contributed by atoms with Gasteiger partial charge in [0.2, 0.25) is 5.91 Å². The maximum atomic E-state index is 12.1. The van der Waals surface area contributed by atoms with Crippen LogP contribution in [0.3, 0.4) is 0 Å². The van der Waals surface area contributed by atoms with Crippen LogP contribution >= 0.6 is 0 Å². The van der Waals surface area contributed by atoms with Gasteiger partial charge < -0.3 is 15.4 Å². The summed E-state index contributed by atoms with van der Waals surface area (Å²) in [6, 6.07) is 9.87. The molecule has 1 aromatic carbocycles. The highest BCUT2D eigenvalue weighted by molar-refractivity contribution is 5.95. The van der Waals surface area contributed by atoms with E-state index in [1.807, 2.05) is 0 Å². The van der Waals surface area contributed by atoms with E-state index in [0.29, 0.717) is 28.9 Å². The molecule has 0 atom stereocenters. The SMILES string of the molecule is CCC(=O)Nc1cc(CNC(=O)c2ccccn2)cc(C(=O)OC)c1. The van der Waals surface area contributed by atoms with E-state index >= 15 is 0 Å². The number of aromatic nitrogens is 1. The number of rotatable bonds is 6. The predicted octanol–water partition coefficient (Wildman–Crippen LogP) is 2.15. The number of benzene rings is 1. The first-order chi connectivity index (χ1) is 12.0. The van der Waals surface area contributed by atoms with Crippen molar-refractivity contribution < 1.29 is 19.1 Å². The van der Waals surface area contributed by atoms with Crippen molar-refractivity contribution in [3.8, 4) is 0 Å². The van der Waals surface area contributed by atoms with Crippen molar-refractivity contribution in [2.45, 2.75) is 19.9 Å². The maximum absolute atomic E-state index is 12.1. The molecule has 0 saturated carbocycles. The molecule has 0 aliphatic heterocycles. The Balaban J connectivity index is 2.17. The minimum absolute atomic E-state index is 0.175. The van der Waals surface area contributed by atoms with E-state index in [1.54, 1.807) is 37.3 Å². The molecule has 0 bridgehead atoms. The number of anilines is 1. The summed E-state index contributed by atoms with van der Waals surface area (Å²) in [5, 5.41) is 5.43. The fraction of sp³-hybridized carbons (Fsp3) is 0.222. The highest BCUT2D eigenvalue weighted by atomic mass is 16.5. The Morgan fingerprint density at radius 3 is 2.60 bits per heavy atom. The minimum atomic E-state index is -0.523. The monoisotopic (exact) mass is 341 g/mol. The minimum Gasteiger partial charge on any atom is -0.465 e. The molecular weight excluding hydrogens is 322 g/mol. The van der Waals surface area contributed by atoms with Gasteiger partial charge >= 0.3 is 5.97 Å². The Labute approximate surface area is 145 Å². The van der Waals surface area contributed by atoms with Crippen LogP contribution in [0.25, 0.3) is 0 Å². The van der Waals surface area contributed by atoms with Gasteiger partial charge in [-0.15, -0.1) is 0 Å². The van der Waals surface area contributed by atoms with Crippen molar-refractivity contribution in [3.05, 3.63) is 59.4 Å². The smallest absolute Gasteiger partial charge is 0.337 e. The lowest BCUT2D eigenvalue weighted by atomic mass is 10.1. The molecule has 2 aromatic rings. The van der Waals surface area contributed by atoms with Gasteiger partial charge in [-0.25, -0.2) is 4.79 Å². The Hall–Kier alpha value is -3.22. The molecule has 2 N–H and O–H groups in total. The summed E-state index contributed by atoms with van der Waals surface area (Å²) in [6.07, 6.45) is 1.85. The van der Waals surface area contributed by atoms with Gasteiger partial charge in [-0.05, 0) is 35.9 Å². The Morgan fingerprint density at radius 2 is 1.96 bits per heavy atom. The fourth-order valence-corrected chi connectivity index (χ4v) is 2.12. The number of nitrogens with zero attached hydrogens (tertiary/aromatic N) is 1. The van der Waals surface area contributed by atoms with Crippen molar-refractivity contribution >= 4 is 23.5 Å². The van der Waals surface area contributed by atoms with Gasteiger partial charge in [-0.3, -0.25) is 14.6 Å². The van der Waals surface area contributed by atoms with Gasteiger partial charge in [0.15, 0.2) is 0 Å². The molecule has 1 aromatic heterocycles. The van der Waals surface area contributed by atoms with Gasteiger partial charge in [0.25, 0.3) is 5.91 Å². The van der Waals surface area contributed by atoms with Gasteiger partial charge in [-0.1, -0.05) is 13.0 Å². The molecule has 130 valence electrons. The van der Waals surface area contributed by atoms with Crippen molar-refractivity contribution in [2.75, 3.05) is 12.4 Å². The molecule has 0 saturated heterocycles. The second-order valence-corrected chi connectivity index (χ2v) is 5.21. The van der Waals surface area contributed by atoms with E-state index in [9.17, 15) is 14.4 Å². The summed E-state index contributed by atoms with van der Waals surface area (Å²) < 4.78 is 4.72. The summed E-state index contributed by atoms with van der Waals surface area (Å²) >= 11 is 0. The zero-order chi connectivity index (χ0) is 18.2. The molecule has 7 nitrogen and oxygen atoms in total. The summed E-state index contributed by atoms with van der Waals surface area (Å²) in [7, 11) is 1.28. The summed E-state index contributed by atoms with van der Waals surface area (Å²) in [4.78, 5) is 39.4. The third-order valence-electron chi connectivity index (χ3n) is 3.37. The zero-order valence-electron chi connectivity index (χ0n) is 14.0. The first-order valence-electron chi connectivity index (χ1n) is 7.75.